The summed E-state index contributed by atoms with van der Waals surface area (Å²) in [5.41, 5.74) is 0.899. The van der Waals surface area contributed by atoms with Crippen LogP contribution in [-0.2, 0) is 24.5 Å². The molecule has 7 heteroatoms. The van der Waals surface area contributed by atoms with Gasteiger partial charge in [-0.25, -0.2) is 4.21 Å². The zero-order chi connectivity index (χ0) is 16.2. The van der Waals surface area contributed by atoms with Crippen LogP contribution in [0.3, 0.4) is 0 Å². The highest BCUT2D eigenvalue weighted by Crippen LogP contribution is 2.20. The molecule has 2 aromatic rings. The average molecular weight is 337 g/mol. The molecule has 0 bridgehead atoms. The van der Waals surface area contributed by atoms with Crippen LogP contribution >= 0.6 is 0 Å². The lowest BCUT2D eigenvalue weighted by Gasteiger charge is -2.07. The number of aryl methyl sites for hydroxylation is 1. The third kappa shape index (κ3) is 3.61. The minimum atomic E-state index is -4.11. The van der Waals surface area contributed by atoms with Crippen molar-refractivity contribution in [3.63, 3.8) is 0 Å². The molecule has 2 rings (SSSR count). The van der Waals surface area contributed by atoms with E-state index < -0.39 is 25.5 Å². The van der Waals surface area contributed by atoms with Crippen molar-refractivity contribution in [2.75, 3.05) is 5.75 Å². The number of aldehydes is 1. The Bertz CT molecular complexity index is 879. The molecule has 0 spiro atoms. The summed E-state index contributed by atoms with van der Waals surface area (Å²) in [4.78, 5) is 11.0. The molecule has 0 amide bonds. The summed E-state index contributed by atoms with van der Waals surface area (Å²) >= 11 is 0. The second-order valence-electron chi connectivity index (χ2n) is 4.65. The van der Waals surface area contributed by atoms with Crippen LogP contribution in [0.4, 0.5) is 0 Å². The molecule has 5 nitrogen and oxygen atoms in total. The lowest BCUT2D eigenvalue weighted by Crippen LogP contribution is -2.11. The van der Waals surface area contributed by atoms with Crippen molar-refractivity contribution in [3.8, 4) is 0 Å². The first-order valence-corrected chi connectivity index (χ1v) is 9.56. The van der Waals surface area contributed by atoms with E-state index in [9.17, 15) is 17.4 Å². The number of nitrogens with zero attached hydrogens (tertiary/aromatic N) is 1. The van der Waals surface area contributed by atoms with Gasteiger partial charge in [-0.2, -0.15) is 8.42 Å². The van der Waals surface area contributed by atoms with Crippen LogP contribution in [0, 0.1) is 6.92 Å². The van der Waals surface area contributed by atoms with Crippen LogP contribution in [0.2, 0.25) is 0 Å². The summed E-state index contributed by atoms with van der Waals surface area (Å²) in [6.45, 7) is 1.83. The van der Waals surface area contributed by atoms with Gasteiger partial charge in [-0.15, -0.1) is 3.77 Å². The SMILES string of the molecule is Cc1ccc(S(=O)(=O)N=S(=O)(CC=O)c2ccccc2)cc1. The number of hydrogen-bond acceptors (Lipinski definition) is 4. The normalized spacial score (nSPS) is 14.0. The fourth-order valence-electron chi connectivity index (χ4n) is 1.81. The minimum Gasteiger partial charge on any atom is -0.302 e. The Morgan fingerprint density at radius 3 is 2.05 bits per heavy atom. The van der Waals surface area contributed by atoms with Gasteiger partial charge < -0.3 is 4.79 Å². The van der Waals surface area contributed by atoms with Crippen molar-refractivity contribution in [2.24, 2.45) is 3.77 Å². The summed E-state index contributed by atoms with van der Waals surface area (Å²) in [6.07, 6.45) is 0.420. The van der Waals surface area contributed by atoms with Gasteiger partial charge in [0, 0.05) is 4.90 Å². The van der Waals surface area contributed by atoms with E-state index in [-0.39, 0.29) is 9.79 Å². The largest absolute Gasteiger partial charge is 0.302 e. The number of benzene rings is 2. The van der Waals surface area contributed by atoms with Gasteiger partial charge in [0.2, 0.25) is 0 Å². The topological polar surface area (TPSA) is 80.6 Å². The Morgan fingerprint density at radius 2 is 1.50 bits per heavy atom. The maximum atomic E-state index is 12.9. The fourth-order valence-corrected chi connectivity index (χ4v) is 5.45. The third-order valence-corrected chi connectivity index (χ3v) is 7.16. The average Bonchev–Trinajstić information content (AvgIpc) is 2.48. The van der Waals surface area contributed by atoms with Crippen molar-refractivity contribution in [1.82, 2.24) is 0 Å². The minimum absolute atomic E-state index is 0.0485. The quantitative estimate of drug-likeness (QED) is 0.785. The molecule has 0 saturated heterocycles. The van der Waals surface area contributed by atoms with Crippen molar-refractivity contribution < 1.29 is 17.4 Å². The molecule has 0 aliphatic carbocycles. The summed E-state index contributed by atoms with van der Waals surface area (Å²) in [6, 6.07) is 14.0. The Hall–Kier alpha value is -1.99. The van der Waals surface area contributed by atoms with Gasteiger partial charge in [-0.05, 0) is 31.2 Å². The zero-order valence-electron chi connectivity index (χ0n) is 11.9. The molecule has 0 fully saturated rings. The van der Waals surface area contributed by atoms with E-state index >= 15 is 0 Å². The molecule has 1 unspecified atom stereocenters. The van der Waals surface area contributed by atoms with Crippen LogP contribution in [0.25, 0.3) is 0 Å². The summed E-state index contributed by atoms with van der Waals surface area (Å²) < 4.78 is 41.1. The Kier molecular flexibility index (Phi) is 4.77. The monoisotopic (exact) mass is 337 g/mol. The first-order valence-electron chi connectivity index (χ1n) is 6.44. The van der Waals surface area contributed by atoms with Gasteiger partial charge in [0.25, 0.3) is 10.0 Å². The van der Waals surface area contributed by atoms with E-state index in [4.69, 9.17) is 0 Å². The first-order chi connectivity index (χ1) is 10.4. The molecule has 0 radical (unpaired) electrons. The van der Waals surface area contributed by atoms with Crippen LogP contribution < -0.4 is 0 Å². The first kappa shape index (κ1) is 16.4. The van der Waals surface area contributed by atoms with E-state index in [1.807, 2.05) is 6.92 Å². The molecule has 0 heterocycles. The highest BCUT2D eigenvalue weighted by Gasteiger charge is 2.20. The third-order valence-electron chi connectivity index (χ3n) is 2.94. The smallest absolute Gasteiger partial charge is 0.290 e. The van der Waals surface area contributed by atoms with Crippen molar-refractivity contribution in [2.45, 2.75) is 16.7 Å². The fraction of sp³-hybridized carbons (Fsp3) is 0.133. The van der Waals surface area contributed by atoms with Gasteiger partial charge in [0.1, 0.15) is 6.29 Å². The van der Waals surface area contributed by atoms with Crippen molar-refractivity contribution in [1.29, 1.82) is 0 Å². The second-order valence-corrected chi connectivity index (χ2v) is 8.75. The van der Waals surface area contributed by atoms with E-state index in [0.717, 1.165) is 5.56 Å². The van der Waals surface area contributed by atoms with Crippen LogP contribution in [0.1, 0.15) is 5.56 Å². The molecule has 0 aromatic heterocycles. The van der Waals surface area contributed by atoms with Crippen molar-refractivity contribution in [3.05, 3.63) is 60.2 Å². The molecule has 0 saturated carbocycles. The second kappa shape index (κ2) is 6.41. The van der Waals surface area contributed by atoms with Gasteiger partial charge in [0.05, 0.1) is 20.4 Å². The van der Waals surface area contributed by atoms with Crippen molar-refractivity contribution >= 4 is 26.0 Å². The number of carbonyl (C=O) groups is 1. The predicted octanol–water partition coefficient (Wildman–Crippen LogP) is 2.41. The number of rotatable bonds is 5. The molecule has 2 aromatic carbocycles. The molecule has 0 N–H and O–H groups in total. The van der Waals surface area contributed by atoms with E-state index in [2.05, 4.69) is 3.77 Å². The highest BCUT2D eigenvalue weighted by atomic mass is 32.3. The Balaban J connectivity index is 2.62. The molecule has 0 aliphatic rings. The number of carbonyl (C=O) groups excluding carboxylic acids is 1. The van der Waals surface area contributed by atoms with Gasteiger partial charge >= 0.3 is 0 Å². The maximum Gasteiger partial charge on any atom is 0.290 e. The Morgan fingerprint density at radius 1 is 0.909 bits per heavy atom. The predicted molar refractivity (Wildman–Crippen MR) is 84.6 cm³/mol. The van der Waals surface area contributed by atoms with Crippen LogP contribution in [0.15, 0.2) is 68.2 Å². The molecule has 116 valence electrons. The summed E-state index contributed by atoms with van der Waals surface area (Å²) in [7, 11) is -7.48. The molecular weight excluding hydrogens is 322 g/mol. The molecule has 0 aliphatic heterocycles. The molecular formula is C15H15NO4S2. The molecule has 22 heavy (non-hydrogen) atoms. The standard InChI is InChI=1S/C15H15NO4S2/c1-13-7-9-15(10-8-13)22(19,20)16-21(18,12-11-17)14-5-3-2-4-6-14/h2-11H,12H2,1H3. The summed E-state index contributed by atoms with van der Waals surface area (Å²) in [5.74, 6) is -0.470. The van der Waals surface area contributed by atoms with E-state index in [1.54, 1.807) is 30.3 Å². The van der Waals surface area contributed by atoms with Gasteiger partial charge in [-0.1, -0.05) is 35.9 Å². The maximum absolute atomic E-state index is 12.9. The number of sulfonamides is 1. The van der Waals surface area contributed by atoms with Crippen LogP contribution in [0.5, 0.6) is 0 Å². The lowest BCUT2D eigenvalue weighted by molar-refractivity contribution is -0.105. The summed E-state index contributed by atoms with van der Waals surface area (Å²) in [5, 5.41) is 0. The van der Waals surface area contributed by atoms with Crippen LogP contribution in [-0.4, -0.2) is 24.7 Å². The molecule has 1 atom stereocenters. The van der Waals surface area contributed by atoms with E-state index in [0.29, 0.717) is 6.29 Å². The Labute approximate surface area is 130 Å². The van der Waals surface area contributed by atoms with Gasteiger partial charge in [0.15, 0.2) is 0 Å². The van der Waals surface area contributed by atoms with E-state index in [1.165, 1.54) is 24.3 Å². The lowest BCUT2D eigenvalue weighted by atomic mass is 10.2. The number of hydrogen-bond donors (Lipinski definition) is 0. The highest BCUT2D eigenvalue weighted by molar-refractivity contribution is 8.03. The van der Waals surface area contributed by atoms with Gasteiger partial charge in [-0.3, -0.25) is 0 Å². The zero-order valence-corrected chi connectivity index (χ0v) is 13.5.